The molecule has 1 rings (SSSR count). The predicted molar refractivity (Wildman–Crippen MR) is 54.5 cm³/mol. The Kier molecular flexibility index (Phi) is 3.22. The molecule has 0 N–H and O–H groups in total. The highest BCUT2D eigenvalue weighted by Gasteiger charge is 2.13. The fraction of sp³-hybridized carbons (Fsp3) is 0.111. The second-order valence-corrected chi connectivity index (χ2v) is 3.75. The fourth-order valence-electron chi connectivity index (χ4n) is 1.04. The molecule has 68 valence electrons. The number of carbonyl (C=O) groups excluding carboxylic acids is 2. The highest BCUT2D eigenvalue weighted by molar-refractivity contribution is 9.10. The first-order valence-electron chi connectivity index (χ1n) is 3.52. The van der Waals surface area contributed by atoms with Crippen molar-refractivity contribution in [1.82, 2.24) is 0 Å². The van der Waals surface area contributed by atoms with Crippen LogP contribution in [0.15, 0.2) is 16.6 Å². The van der Waals surface area contributed by atoms with E-state index in [2.05, 4.69) is 15.9 Å². The lowest BCUT2D eigenvalue weighted by atomic mass is 10.1. The third-order valence-electron chi connectivity index (χ3n) is 1.61. The second kappa shape index (κ2) is 4.03. The van der Waals surface area contributed by atoms with Crippen LogP contribution in [0.2, 0.25) is 5.02 Å². The van der Waals surface area contributed by atoms with E-state index < -0.39 is 0 Å². The van der Waals surface area contributed by atoms with Crippen LogP contribution >= 0.6 is 27.5 Å². The molecule has 0 aliphatic carbocycles. The van der Waals surface area contributed by atoms with Gasteiger partial charge in [-0.25, -0.2) is 0 Å². The number of hydrogen-bond acceptors (Lipinski definition) is 2. The number of carbonyl (C=O) groups is 2. The maximum absolute atomic E-state index is 11.2. The molecule has 0 aliphatic rings. The van der Waals surface area contributed by atoms with E-state index in [9.17, 15) is 9.59 Å². The SMILES string of the molecule is CC(=O)c1c(Br)ccc(Cl)c1C=O. The number of hydrogen-bond donors (Lipinski definition) is 0. The number of aldehydes is 1. The van der Waals surface area contributed by atoms with Crippen molar-refractivity contribution < 1.29 is 9.59 Å². The summed E-state index contributed by atoms with van der Waals surface area (Å²) in [5.41, 5.74) is 0.575. The lowest BCUT2D eigenvalue weighted by Crippen LogP contribution is -2.00. The summed E-state index contributed by atoms with van der Waals surface area (Å²) in [7, 11) is 0. The van der Waals surface area contributed by atoms with Crippen LogP contribution in [0.1, 0.15) is 27.6 Å². The van der Waals surface area contributed by atoms with E-state index in [0.29, 0.717) is 21.3 Å². The number of rotatable bonds is 2. The standard InChI is InChI=1S/C9H6BrClO2/c1-5(13)9-6(4-12)8(11)3-2-7(9)10/h2-4H,1H3. The van der Waals surface area contributed by atoms with Gasteiger partial charge in [-0.15, -0.1) is 0 Å². The van der Waals surface area contributed by atoms with Gasteiger partial charge in [0.2, 0.25) is 0 Å². The van der Waals surface area contributed by atoms with Gasteiger partial charge in [0.15, 0.2) is 12.1 Å². The Morgan fingerprint density at radius 2 is 2.15 bits per heavy atom. The zero-order chi connectivity index (χ0) is 10.0. The second-order valence-electron chi connectivity index (χ2n) is 2.49. The van der Waals surface area contributed by atoms with E-state index in [-0.39, 0.29) is 11.3 Å². The summed E-state index contributed by atoms with van der Waals surface area (Å²) >= 11 is 8.93. The van der Waals surface area contributed by atoms with Crippen molar-refractivity contribution in [2.45, 2.75) is 6.92 Å². The van der Waals surface area contributed by atoms with Gasteiger partial charge in [-0.05, 0) is 19.1 Å². The van der Waals surface area contributed by atoms with Gasteiger partial charge < -0.3 is 0 Å². The van der Waals surface area contributed by atoms with Gasteiger partial charge in [-0.3, -0.25) is 9.59 Å². The third-order valence-corrected chi connectivity index (χ3v) is 2.60. The van der Waals surface area contributed by atoms with Gasteiger partial charge in [0, 0.05) is 15.6 Å². The molecule has 0 unspecified atom stereocenters. The van der Waals surface area contributed by atoms with Crippen molar-refractivity contribution in [3.63, 3.8) is 0 Å². The molecule has 4 heteroatoms. The van der Waals surface area contributed by atoms with Gasteiger partial charge in [0.05, 0.1) is 5.02 Å². The summed E-state index contributed by atoms with van der Waals surface area (Å²) in [6.07, 6.45) is 0.587. The molecule has 0 fully saturated rings. The molecule has 0 radical (unpaired) electrons. The van der Waals surface area contributed by atoms with Crippen molar-refractivity contribution in [2.24, 2.45) is 0 Å². The minimum absolute atomic E-state index is 0.184. The van der Waals surface area contributed by atoms with Crippen LogP contribution in [-0.2, 0) is 0 Å². The lowest BCUT2D eigenvalue weighted by molar-refractivity contribution is 0.100. The Hall–Kier alpha value is -0.670. The quantitative estimate of drug-likeness (QED) is 0.605. The van der Waals surface area contributed by atoms with Gasteiger partial charge in [-0.1, -0.05) is 27.5 Å². The van der Waals surface area contributed by atoms with Crippen molar-refractivity contribution in [3.05, 3.63) is 32.8 Å². The van der Waals surface area contributed by atoms with Crippen molar-refractivity contribution in [2.75, 3.05) is 0 Å². The molecule has 0 atom stereocenters. The molecule has 0 aliphatic heterocycles. The summed E-state index contributed by atoms with van der Waals surface area (Å²) in [4.78, 5) is 21.8. The van der Waals surface area contributed by atoms with Crippen LogP contribution in [-0.4, -0.2) is 12.1 Å². The molecule has 1 aromatic rings. The Balaban J connectivity index is 3.52. The zero-order valence-electron chi connectivity index (χ0n) is 6.80. The molecule has 2 nitrogen and oxygen atoms in total. The first-order valence-corrected chi connectivity index (χ1v) is 4.69. The van der Waals surface area contributed by atoms with E-state index in [1.807, 2.05) is 0 Å². The summed E-state index contributed by atoms with van der Waals surface area (Å²) in [6.45, 7) is 1.39. The maximum atomic E-state index is 11.2. The van der Waals surface area contributed by atoms with Gasteiger partial charge in [-0.2, -0.15) is 0 Å². The van der Waals surface area contributed by atoms with Gasteiger partial charge >= 0.3 is 0 Å². The van der Waals surface area contributed by atoms with E-state index >= 15 is 0 Å². The first-order chi connectivity index (χ1) is 6.07. The molecule has 0 heterocycles. The van der Waals surface area contributed by atoms with Crippen LogP contribution < -0.4 is 0 Å². The summed E-state index contributed by atoms with van der Waals surface area (Å²) < 4.78 is 0.589. The zero-order valence-corrected chi connectivity index (χ0v) is 9.15. The van der Waals surface area contributed by atoms with Crippen LogP contribution in [0.25, 0.3) is 0 Å². The molecular weight excluding hydrogens is 255 g/mol. The third kappa shape index (κ3) is 1.98. The Labute approximate surface area is 89.0 Å². The Morgan fingerprint density at radius 3 is 2.54 bits per heavy atom. The van der Waals surface area contributed by atoms with E-state index in [1.54, 1.807) is 12.1 Å². The average molecular weight is 262 g/mol. The van der Waals surface area contributed by atoms with Crippen molar-refractivity contribution in [1.29, 1.82) is 0 Å². The molecule has 0 saturated carbocycles. The summed E-state index contributed by atoms with van der Waals surface area (Å²) in [5.74, 6) is -0.184. The highest BCUT2D eigenvalue weighted by Crippen LogP contribution is 2.26. The molecule has 13 heavy (non-hydrogen) atoms. The molecule has 0 aromatic heterocycles. The first kappa shape index (κ1) is 10.4. The van der Waals surface area contributed by atoms with Gasteiger partial charge in [0.1, 0.15) is 0 Å². The predicted octanol–water partition coefficient (Wildman–Crippen LogP) is 3.12. The largest absolute Gasteiger partial charge is 0.298 e. The van der Waals surface area contributed by atoms with Crippen LogP contribution in [0, 0.1) is 0 Å². The van der Waals surface area contributed by atoms with Crippen LogP contribution in [0.3, 0.4) is 0 Å². The van der Waals surface area contributed by atoms with Crippen molar-refractivity contribution >= 4 is 39.6 Å². The molecule has 0 bridgehead atoms. The number of ketones is 1. The van der Waals surface area contributed by atoms with E-state index in [0.717, 1.165) is 0 Å². The molecular formula is C9H6BrClO2. The van der Waals surface area contributed by atoms with Crippen LogP contribution in [0.5, 0.6) is 0 Å². The van der Waals surface area contributed by atoms with Crippen molar-refractivity contribution in [3.8, 4) is 0 Å². The Morgan fingerprint density at radius 1 is 1.54 bits per heavy atom. The summed E-state index contributed by atoms with van der Waals surface area (Å²) in [6, 6.07) is 3.22. The normalized spacial score (nSPS) is 9.77. The number of halogens is 2. The molecule has 0 amide bonds. The monoisotopic (exact) mass is 260 g/mol. The smallest absolute Gasteiger partial charge is 0.161 e. The Bertz CT molecular complexity index is 374. The molecule has 0 saturated heterocycles. The minimum atomic E-state index is -0.184. The van der Waals surface area contributed by atoms with E-state index in [4.69, 9.17) is 11.6 Å². The molecule has 0 spiro atoms. The number of benzene rings is 1. The number of Topliss-reactive ketones (excluding diaryl/α,β-unsaturated/α-hetero) is 1. The lowest BCUT2D eigenvalue weighted by Gasteiger charge is -2.04. The van der Waals surface area contributed by atoms with Gasteiger partial charge in [0.25, 0.3) is 0 Å². The fourth-order valence-corrected chi connectivity index (χ4v) is 1.87. The maximum Gasteiger partial charge on any atom is 0.161 e. The molecule has 1 aromatic carbocycles. The highest BCUT2D eigenvalue weighted by atomic mass is 79.9. The summed E-state index contributed by atoms with van der Waals surface area (Å²) in [5, 5.41) is 0.295. The van der Waals surface area contributed by atoms with E-state index in [1.165, 1.54) is 6.92 Å². The minimum Gasteiger partial charge on any atom is -0.298 e. The average Bonchev–Trinajstić information content (AvgIpc) is 2.07. The topological polar surface area (TPSA) is 34.1 Å². The van der Waals surface area contributed by atoms with Crippen LogP contribution in [0.4, 0.5) is 0 Å².